The zero-order valence-electron chi connectivity index (χ0n) is 13.0. The third-order valence-corrected chi connectivity index (χ3v) is 5.25. The molecule has 1 aliphatic heterocycles. The largest absolute Gasteiger partial charge is 0.317 e. The van der Waals surface area contributed by atoms with Crippen molar-refractivity contribution in [1.29, 1.82) is 0 Å². The summed E-state index contributed by atoms with van der Waals surface area (Å²) in [6.07, 6.45) is 14.1. The molecule has 2 heterocycles. The summed E-state index contributed by atoms with van der Waals surface area (Å²) in [5.41, 5.74) is 2.58. The Morgan fingerprint density at radius 2 is 2.09 bits per heavy atom. The molecule has 0 amide bonds. The lowest BCUT2D eigenvalue weighted by Crippen LogP contribution is -2.33. The molecule has 1 aliphatic carbocycles. The SMILES string of the molecule is S=C1CC=CC=C1CC(Cc1ccccn1)C1CCNCC1. The second-order valence-corrected chi connectivity index (χ2v) is 6.82. The van der Waals surface area contributed by atoms with Crippen LogP contribution < -0.4 is 5.32 Å². The van der Waals surface area contributed by atoms with Gasteiger partial charge in [0.15, 0.2) is 0 Å². The number of rotatable bonds is 5. The number of hydrogen-bond acceptors (Lipinski definition) is 3. The fraction of sp³-hybridized carbons (Fsp3) is 0.474. The molecule has 22 heavy (non-hydrogen) atoms. The highest BCUT2D eigenvalue weighted by Gasteiger charge is 2.26. The van der Waals surface area contributed by atoms with Crippen molar-refractivity contribution in [2.75, 3.05) is 13.1 Å². The van der Waals surface area contributed by atoms with Gasteiger partial charge >= 0.3 is 0 Å². The summed E-state index contributed by atoms with van der Waals surface area (Å²) in [7, 11) is 0. The summed E-state index contributed by atoms with van der Waals surface area (Å²) in [4.78, 5) is 5.67. The van der Waals surface area contributed by atoms with Gasteiger partial charge in [0.2, 0.25) is 0 Å². The van der Waals surface area contributed by atoms with Gasteiger partial charge in [0, 0.05) is 23.2 Å². The van der Waals surface area contributed by atoms with E-state index in [1.54, 1.807) is 0 Å². The van der Waals surface area contributed by atoms with E-state index in [9.17, 15) is 0 Å². The monoisotopic (exact) mass is 312 g/mol. The molecule has 2 nitrogen and oxygen atoms in total. The van der Waals surface area contributed by atoms with Gasteiger partial charge in [0.1, 0.15) is 0 Å². The summed E-state index contributed by atoms with van der Waals surface area (Å²) < 4.78 is 0. The van der Waals surface area contributed by atoms with Crippen LogP contribution in [0.1, 0.15) is 31.4 Å². The Morgan fingerprint density at radius 3 is 2.82 bits per heavy atom. The molecular formula is C19H24N2S. The van der Waals surface area contributed by atoms with Gasteiger partial charge in [0.05, 0.1) is 0 Å². The van der Waals surface area contributed by atoms with Crippen LogP contribution in [0.25, 0.3) is 0 Å². The Morgan fingerprint density at radius 1 is 1.23 bits per heavy atom. The van der Waals surface area contributed by atoms with Crippen LogP contribution in [-0.2, 0) is 6.42 Å². The predicted octanol–water partition coefficient (Wildman–Crippen LogP) is 3.89. The summed E-state index contributed by atoms with van der Waals surface area (Å²) in [5.74, 6) is 1.42. The number of pyridine rings is 1. The molecule has 3 rings (SSSR count). The van der Waals surface area contributed by atoms with Crippen molar-refractivity contribution in [2.45, 2.75) is 32.1 Å². The van der Waals surface area contributed by atoms with Crippen LogP contribution in [0.15, 0.2) is 48.2 Å². The van der Waals surface area contributed by atoms with Gasteiger partial charge in [-0.3, -0.25) is 4.98 Å². The Hall–Kier alpha value is -1.32. The van der Waals surface area contributed by atoms with Crippen molar-refractivity contribution in [3.63, 3.8) is 0 Å². The van der Waals surface area contributed by atoms with Crippen LogP contribution in [0, 0.1) is 11.8 Å². The number of allylic oxidation sites excluding steroid dienone is 4. The normalized spacial score (nSPS) is 20.7. The molecule has 116 valence electrons. The van der Waals surface area contributed by atoms with Crippen LogP contribution in [0.4, 0.5) is 0 Å². The van der Waals surface area contributed by atoms with Gasteiger partial charge in [-0.15, -0.1) is 0 Å². The first kappa shape index (κ1) is 15.6. The van der Waals surface area contributed by atoms with E-state index in [-0.39, 0.29) is 0 Å². The highest BCUT2D eigenvalue weighted by atomic mass is 32.1. The summed E-state index contributed by atoms with van der Waals surface area (Å²) in [6.45, 7) is 2.29. The lowest BCUT2D eigenvalue weighted by Gasteiger charge is -2.31. The molecule has 1 unspecified atom stereocenters. The average Bonchev–Trinajstić information content (AvgIpc) is 2.58. The maximum Gasteiger partial charge on any atom is 0.0406 e. The Labute approximate surface area is 138 Å². The van der Waals surface area contributed by atoms with Gasteiger partial charge in [-0.05, 0) is 68.3 Å². The van der Waals surface area contributed by atoms with E-state index >= 15 is 0 Å². The van der Waals surface area contributed by atoms with Crippen molar-refractivity contribution in [3.8, 4) is 0 Å². The minimum absolute atomic E-state index is 0.646. The topological polar surface area (TPSA) is 24.9 Å². The predicted molar refractivity (Wildman–Crippen MR) is 96.1 cm³/mol. The van der Waals surface area contributed by atoms with E-state index in [0.29, 0.717) is 5.92 Å². The highest BCUT2D eigenvalue weighted by Crippen LogP contribution is 2.31. The molecule has 2 aliphatic rings. The maximum absolute atomic E-state index is 5.56. The molecule has 0 bridgehead atoms. The molecule has 1 aromatic heterocycles. The zero-order valence-corrected chi connectivity index (χ0v) is 13.8. The Balaban J connectivity index is 1.74. The smallest absolute Gasteiger partial charge is 0.0406 e. The first-order valence-corrected chi connectivity index (χ1v) is 8.73. The van der Waals surface area contributed by atoms with Crippen LogP contribution >= 0.6 is 12.2 Å². The van der Waals surface area contributed by atoms with Crippen molar-refractivity contribution < 1.29 is 0 Å². The first-order valence-electron chi connectivity index (χ1n) is 8.32. The molecule has 1 saturated heterocycles. The standard InChI is InChI=1S/C19H24N2S/c22-19-7-2-1-5-16(19)13-17(15-8-11-20-12-9-15)14-18-6-3-4-10-21-18/h1-6,10,15,17,20H,7-9,11-14H2. The number of thiocarbonyl (C=S) groups is 1. The molecule has 1 fully saturated rings. The van der Waals surface area contributed by atoms with Crippen molar-refractivity contribution >= 4 is 17.1 Å². The first-order chi connectivity index (χ1) is 10.8. The molecule has 1 N–H and O–H groups in total. The second-order valence-electron chi connectivity index (χ2n) is 6.32. The molecular weight excluding hydrogens is 288 g/mol. The van der Waals surface area contributed by atoms with E-state index < -0.39 is 0 Å². The number of piperidine rings is 1. The molecule has 3 heteroatoms. The lowest BCUT2D eigenvalue weighted by molar-refractivity contribution is 0.255. The summed E-state index contributed by atoms with van der Waals surface area (Å²) in [5, 5.41) is 3.48. The van der Waals surface area contributed by atoms with Gasteiger partial charge in [-0.1, -0.05) is 36.5 Å². The van der Waals surface area contributed by atoms with Crippen LogP contribution in [0.3, 0.4) is 0 Å². The van der Waals surface area contributed by atoms with Crippen LogP contribution in [0.5, 0.6) is 0 Å². The minimum Gasteiger partial charge on any atom is -0.317 e. The van der Waals surface area contributed by atoms with E-state index in [2.05, 4.69) is 40.7 Å². The summed E-state index contributed by atoms with van der Waals surface area (Å²) >= 11 is 5.56. The number of nitrogens with zero attached hydrogens (tertiary/aromatic N) is 1. The zero-order chi connectivity index (χ0) is 15.2. The van der Waals surface area contributed by atoms with Crippen LogP contribution in [0.2, 0.25) is 0 Å². The number of aromatic nitrogens is 1. The fourth-order valence-corrected chi connectivity index (χ4v) is 3.80. The van der Waals surface area contributed by atoms with E-state index in [1.165, 1.54) is 24.1 Å². The van der Waals surface area contributed by atoms with Gasteiger partial charge in [0.25, 0.3) is 0 Å². The number of hydrogen-bond donors (Lipinski definition) is 1. The van der Waals surface area contributed by atoms with E-state index in [1.807, 2.05) is 12.3 Å². The lowest BCUT2D eigenvalue weighted by atomic mass is 9.77. The van der Waals surface area contributed by atoms with Crippen LogP contribution in [-0.4, -0.2) is 22.9 Å². The fourth-order valence-electron chi connectivity index (χ4n) is 3.56. The van der Waals surface area contributed by atoms with Gasteiger partial charge in [-0.2, -0.15) is 0 Å². The minimum atomic E-state index is 0.646. The maximum atomic E-state index is 5.56. The average molecular weight is 312 g/mol. The molecule has 0 radical (unpaired) electrons. The van der Waals surface area contributed by atoms with Crippen molar-refractivity contribution in [2.24, 2.45) is 11.8 Å². The van der Waals surface area contributed by atoms with E-state index in [0.717, 1.165) is 43.1 Å². The van der Waals surface area contributed by atoms with E-state index in [4.69, 9.17) is 12.2 Å². The summed E-state index contributed by atoms with van der Waals surface area (Å²) in [6, 6.07) is 6.24. The van der Waals surface area contributed by atoms with Crippen molar-refractivity contribution in [3.05, 3.63) is 53.9 Å². The third kappa shape index (κ3) is 4.11. The second kappa shape index (κ2) is 7.80. The highest BCUT2D eigenvalue weighted by molar-refractivity contribution is 7.80. The Kier molecular flexibility index (Phi) is 5.52. The molecule has 1 aromatic rings. The van der Waals surface area contributed by atoms with Gasteiger partial charge in [-0.25, -0.2) is 0 Å². The molecule has 0 spiro atoms. The molecule has 0 saturated carbocycles. The Bertz CT molecular complexity index is 556. The number of nitrogens with one attached hydrogen (secondary N) is 1. The molecule has 0 aromatic carbocycles. The third-order valence-electron chi connectivity index (χ3n) is 4.82. The molecule has 1 atom stereocenters. The van der Waals surface area contributed by atoms with Crippen molar-refractivity contribution in [1.82, 2.24) is 10.3 Å². The quantitative estimate of drug-likeness (QED) is 0.835. The van der Waals surface area contributed by atoms with Gasteiger partial charge < -0.3 is 5.32 Å².